The van der Waals surface area contributed by atoms with Crippen LogP contribution in [0.2, 0.25) is 0 Å². The molecule has 0 fully saturated rings. The fourth-order valence-electron chi connectivity index (χ4n) is 2.38. The zero-order valence-corrected chi connectivity index (χ0v) is 13.8. The third kappa shape index (κ3) is 4.19. The number of Topliss-reactive ketones (excluding diaryl/α,β-unsaturated/α-hetero) is 1. The van der Waals surface area contributed by atoms with Gasteiger partial charge in [0.15, 0.2) is 5.78 Å². The highest BCUT2D eigenvalue weighted by Crippen LogP contribution is 2.24. The highest BCUT2D eigenvalue weighted by Gasteiger charge is 2.05. The maximum absolute atomic E-state index is 11.4. The molecule has 2 aromatic carbocycles. The van der Waals surface area contributed by atoms with Gasteiger partial charge in [-0.3, -0.25) is 9.79 Å². The first-order valence-corrected chi connectivity index (χ1v) is 7.78. The average molecular weight is 310 g/mol. The van der Waals surface area contributed by atoms with Crippen molar-refractivity contribution in [2.45, 2.75) is 20.8 Å². The second-order valence-electron chi connectivity index (χ2n) is 5.28. The quantitative estimate of drug-likeness (QED) is 0.643. The van der Waals surface area contributed by atoms with E-state index >= 15 is 0 Å². The molecular weight excluding hydrogens is 288 g/mol. The molecule has 2 aromatic rings. The Labute approximate surface area is 137 Å². The van der Waals surface area contributed by atoms with Crippen molar-refractivity contribution in [3.8, 4) is 5.75 Å². The molecule has 0 amide bonds. The summed E-state index contributed by atoms with van der Waals surface area (Å²) in [5, 5.41) is 10.2. The Balaban J connectivity index is 2.23. The van der Waals surface area contributed by atoms with E-state index in [2.05, 4.69) is 23.7 Å². The van der Waals surface area contributed by atoms with Crippen molar-refractivity contribution in [3.05, 3.63) is 53.6 Å². The molecule has 2 rings (SSSR count). The first-order chi connectivity index (χ1) is 11.0. The highest BCUT2D eigenvalue weighted by molar-refractivity contribution is 5.95. The van der Waals surface area contributed by atoms with Crippen molar-refractivity contribution in [3.63, 3.8) is 0 Å². The number of phenols is 1. The normalized spacial score (nSPS) is 10.9. The van der Waals surface area contributed by atoms with Gasteiger partial charge in [0.25, 0.3) is 0 Å². The smallest absolute Gasteiger partial charge is 0.159 e. The van der Waals surface area contributed by atoms with Crippen LogP contribution in [0.5, 0.6) is 5.75 Å². The fourth-order valence-corrected chi connectivity index (χ4v) is 2.38. The van der Waals surface area contributed by atoms with Crippen molar-refractivity contribution in [1.29, 1.82) is 0 Å². The van der Waals surface area contributed by atoms with Crippen molar-refractivity contribution in [2.75, 3.05) is 18.0 Å². The molecule has 0 saturated carbocycles. The van der Waals surface area contributed by atoms with Crippen LogP contribution < -0.4 is 4.90 Å². The predicted octanol–water partition coefficient (Wildman–Crippen LogP) is 4.19. The fraction of sp³-hybridized carbons (Fsp3) is 0.263. The zero-order chi connectivity index (χ0) is 16.8. The van der Waals surface area contributed by atoms with Gasteiger partial charge in [0.2, 0.25) is 0 Å². The summed E-state index contributed by atoms with van der Waals surface area (Å²) in [6.07, 6.45) is 1.61. The van der Waals surface area contributed by atoms with E-state index < -0.39 is 0 Å². The summed E-state index contributed by atoms with van der Waals surface area (Å²) in [7, 11) is 0. The molecule has 0 saturated heterocycles. The third-order valence-electron chi connectivity index (χ3n) is 3.75. The van der Waals surface area contributed by atoms with Crippen LogP contribution in [0.15, 0.2) is 47.5 Å². The van der Waals surface area contributed by atoms with E-state index in [0.717, 1.165) is 18.8 Å². The van der Waals surface area contributed by atoms with E-state index in [1.54, 1.807) is 30.5 Å². The number of phenolic OH excluding ortho intramolecular Hbond substituents is 1. The van der Waals surface area contributed by atoms with Gasteiger partial charge in [0.05, 0.1) is 5.69 Å². The largest absolute Gasteiger partial charge is 0.507 e. The number of carbonyl (C=O) groups is 1. The van der Waals surface area contributed by atoms with Gasteiger partial charge < -0.3 is 10.0 Å². The molecule has 4 nitrogen and oxygen atoms in total. The Hall–Kier alpha value is -2.62. The minimum absolute atomic E-state index is 0.00785. The molecular formula is C19H22N2O2. The lowest BCUT2D eigenvalue weighted by atomic mass is 10.1. The lowest BCUT2D eigenvalue weighted by Crippen LogP contribution is -2.21. The number of aromatic hydroxyl groups is 1. The van der Waals surface area contributed by atoms with Crippen LogP contribution in [-0.2, 0) is 0 Å². The number of nitrogens with zero attached hydrogens (tertiary/aromatic N) is 2. The Morgan fingerprint density at radius 3 is 2.52 bits per heavy atom. The molecule has 0 heterocycles. The van der Waals surface area contributed by atoms with Gasteiger partial charge in [0, 0.05) is 42.2 Å². The van der Waals surface area contributed by atoms with Crippen LogP contribution in [0, 0.1) is 0 Å². The number of hydrogen-bond acceptors (Lipinski definition) is 4. The molecule has 0 aliphatic heterocycles. The standard InChI is InChI=1S/C19H22N2O2/c1-4-21(5-2)18-10-9-16(19(23)12-18)13-20-17-8-6-7-15(11-17)14(3)22/h6-13,23H,4-5H2,1-3H3. The number of ketones is 1. The Morgan fingerprint density at radius 2 is 1.91 bits per heavy atom. The molecule has 0 unspecified atom stereocenters. The van der Waals surface area contributed by atoms with E-state index in [1.165, 1.54) is 6.92 Å². The van der Waals surface area contributed by atoms with Crippen LogP contribution in [0.4, 0.5) is 11.4 Å². The van der Waals surface area contributed by atoms with Crippen LogP contribution in [0.1, 0.15) is 36.7 Å². The van der Waals surface area contributed by atoms with Gasteiger partial charge in [-0.25, -0.2) is 0 Å². The first-order valence-electron chi connectivity index (χ1n) is 7.78. The number of benzene rings is 2. The summed E-state index contributed by atoms with van der Waals surface area (Å²) < 4.78 is 0. The second-order valence-corrected chi connectivity index (χ2v) is 5.28. The Morgan fingerprint density at radius 1 is 1.17 bits per heavy atom. The molecule has 0 atom stereocenters. The summed E-state index contributed by atoms with van der Waals surface area (Å²) in [5.74, 6) is 0.203. The number of hydrogen-bond donors (Lipinski definition) is 1. The van der Waals surface area contributed by atoms with Crippen molar-refractivity contribution >= 4 is 23.4 Å². The zero-order valence-electron chi connectivity index (χ0n) is 13.8. The Kier molecular flexibility index (Phi) is 5.52. The van der Waals surface area contributed by atoms with Crippen LogP contribution in [0.3, 0.4) is 0 Å². The maximum atomic E-state index is 11.4. The molecule has 23 heavy (non-hydrogen) atoms. The van der Waals surface area contributed by atoms with E-state index in [0.29, 0.717) is 16.8 Å². The second kappa shape index (κ2) is 7.58. The molecule has 0 aliphatic rings. The van der Waals surface area contributed by atoms with Crippen molar-refractivity contribution < 1.29 is 9.90 Å². The van der Waals surface area contributed by atoms with Crippen molar-refractivity contribution in [2.24, 2.45) is 4.99 Å². The van der Waals surface area contributed by atoms with Crippen LogP contribution in [-0.4, -0.2) is 30.2 Å². The lowest BCUT2D eigenvalue weighted by Gasteiger charge is -2.21. The summed E-state index contributed by atoms with van der Waals surface area (Å²) in [6, 6.07) is 12.7. The van der Waals surface area contributed by atoms with E-state index in [9.17, 15) is 9.90 Å². The van der Waals surface area contributed by atoms with E-state index in [4.69, 9.17) is 0 Å². The van der Waals surface area contributed by atoms with Crippen LogP contribution in [0.25, 0.3) is 0 Å². The SMILES string of the molecule is CCN(CC)c1ccc(C=Nc2cccc(C(C)=O)c2)c(O)c1. The topological polar surface area (TPSA) is 52.9 Å². The molecule has 0 aliphatic carbocycles. The van der Waals surface area contributed by atoms with Gasteiger partial charge in [-0.05, 0) is 45.0 Å². The van der Waals surface area contributed by atoms with Gasteiger partial charge in [0.1, 0.15) is 5.75 Å². The minimum Gasteiger partial charge on any atom is -0.507 e. The predicted molar refractivity (Wildman–Crippen MR) is 95.4 cm³/mol. The highest BCUT2D eigenvalue weighted by atomic mass is 16.3. The summed E-state index contributed by atoms with van der Waals surface area (Å²) >= 11 is 0. The van der Waals surface area contributed by atoms with E-state index in [1.807, 2.05) is 18.2 Å². The summed E-state index contributed by atoms with van der Waals surface area (Å²) in [4.78, 5) is 17.9. The van der Waals surface area contributed by atoms with Gasteiger partial charge >= 0.3 is 0 Å². The van der Waals surface area contributed by atoms with Gasteiger partial charge in [-0.15, -0.1) is 0 Å². The molecule has 1 N–H and O–H groups in total. The first kappa shape index (κ1) is 16.7. The number of rotatable bonds is 6. The number of aliphatic imine (C=N–C) groups is 1. The Bertz CT molecular complexity index is 719. The average Bonchev–Trinajstić information content (AvgIpc) is 2.55. The summed E-state index contributed by atoms with van der Waals surface area (Å²) in [6.45, 7) is 7.47. The molecule has 0 bridgehead atoms. The van der Waals surface area contributed by atoms with Crippen LogP contribution >= 0.6 is 0 Å². The molecule has 0 aromatic heterocycles. The molecule has 0 radical (unpaired) electrons. The van der Waals surface area contributed by atoms with Gasteiger partial charge in [-0.2, -0.15) is 0 Å². The minimum atomic E-state index is 0.00785. The third-order valence-corrected chi connectivity index (χ3v) is 3.75. The van der Waals surface area contributed by atoms with E-state index in [-0.39, 0.29) is 11.5 Å². The molecule has 4 heteroatoms. The molecule has 0 spiro atoms. The van der Waals surface area contributed by atoms with Crippen molar-refractivity contribution in [1.82, 2.24) is 0 Å². The maximum Gasteiger partial charge on any atom is 0.159 e. The lowest BCUT2D eigenvalue weighted by molar-refractivity contribution is 0.101. The summed E-state index contributed by atoms with van der Waals surface area (Å²) in [5.41, 5.74) is 2.95. The van der Waals surface area contributed by atoms with Gasteiger partial charge in [-0.1, -0.05) is 12.1 Å². The molecule has 120 valence electrons. The monoisotopic (exact) mass is 310 g/mol. The number of carbonyl (C=O) groups excluding carboxylic acids is 1. The number of anilines is 1.